The summed E-state index contributed by atoms with van der Waals surface area (Å²) in [5, 5.41) is 0. The molecule has 3 fully saturated rings. The van der Waals surface area contributed by atoms with E-state index in [0.29, 0.717) is 10.8 Å². The highest BCUT2D eigenvalue weighted by atomic mass is 16.5. The van der Waals surface area contributed by atoms with Gasteiger partial charge in [-0.25, -0.2) is 0 Å². The Balaban J connectivity index is 1.42. The van der Waals surface area contributed by atoms with Gasteiger partial charge >= 0.3 is 5.97 Å². The molecule has 1 spiro atoms. The second-order valence-electron chi connectivity index (χ2n) is 9.40. The molecule has 0 radical (unpaired) electrons. The number of ether oxygens (including phenoxy) is 1. The van der Waals surface area contributed by atoms with E-state index >= 15 is 0 Å². The predicted molar refractivity (Wildman–Crippen MR) is 94.3 cm³/mol. The number of carbonyl (C=O) groups excluding carboxylic acids is 1. The number of hydrogen-bond donors (Lipinski definition) is 0. The molecule has 0 unspecified atom stereocenters. The third-order valence-electron chi connectivity index (χ3n) is 8.68. The highest BCUT2D eigenvalue weighted by molar-refractivity contribution is 5.66. The summed E-state index contributed by atoms with van der Waals surface area (Å²) < 4.78 is 5.54. The minimum absolute atomic E-state index is 0.118. The van der Waals surface area contributed by atoms with Crippen molar-refractivity contribution in [1.82, 2.24) is 0 Å². The topological polar surface area (TPSA) is 26.3 Å². The first-order valence-corrected chi connectivity index (χ1v) is 10.1. The van der Waals surface area contributed by atoms with E-state index in [4.69, 9.17) is 4.74 Å². The minimum atomic E-state index is -0.118. The summed E-state index contributed by atoms with van der Waals surface area (Å²) in [6.07, 6.45) is 16.8. The van der Waals surface area contributed by atoms with Crippen molar-refractivity contribution in [2.24, 2.45) is 28.6 Å². The van der Waals surface area contributed by atoms with Gasteiger partial charge in [0.1, 0.15) is 6.10 Å². The van der Waals surface area contributed by atoms with E-state index in [9.17, 15) is 4.79 Å². The normalized spacial score (nSPS) is 48.8. The Bertz CT molecular complexity index is 644. The molecule has 6 atom stereocenters. The Hall–Kier alpha value is -1.05. The lowest BCUT2D eigenvalue weighted by atomic mass is 9.45. The third-order valence-corrected chi connectivity index (χ3v) is 8.68. The van der Waals surface area contributed by atoms with Crippen molar-refractivity contribution in [2.75, 3.05) is 0 Å². The van der Waals surface area contributed by atoms with E-state index in [1.807, 2.05) is 5.57 Å². The molecule has 0 bridgehead atoms. The summed E-state index contributed by atoms with van der Waals surface area (Å²) in [6.45, 7) is 4.08. The van der Waals surface area contributed by atoms with Gasteiger partial charge in [-0.2, -0.15) is 0 Å². The molecular weight excluding hydrogens is 296 g/mol. The van der Waals surface area contributed by atoms with Crippen LogP contribution < -0.4 is 0 Å². The maximum atomic E-state index is 11.3. The van der Waals surface area contributed by atoms with Crippen molar-refractivity contribution < 1.29 is 9.53 Å². The Morgan fingerprint density at radius 2 is 2.00 bits per heavy atom. The second-order valence-corrected chi connectivity index (χ2v) is 9.40. The molecule has 0 saturated heterocycles. The van der Waals surface area contributed by atoms with Crippen molar-refractivity contribution >= 4 is 5.97 Å². The zero-order valence-electron chi connectivity index (χ0n) is 15.1. The van der Waals surface area contributed by atoms with Crippen LogP contribution in [-0.2, 0) is 9.53 Å². The molecule has 0 heterocycles. The Morgan fingerprint density at radius 3 is 2.75 bits per heavy atom. The van der Waals surface area contributed by atoms with Crippen molar-refractivity contribution in [1.29, 1.82) is 0 Å². The van der Waals surface area contributed by atoms with Gasteiger partial charge in [0.25, 0.3) is 0 Å². The van der Waals surface area contributed by atoms with Crippen LogP contribution in [0, 0.1) is 28.6 Å². The minimum Gasteiger partial charge on any atom is -0.462 e. The second kappa shape index (κ2) is 4.99. The molecule has 5 rings (SSSR count). The number of carbonyl (C=O) groups is 1. The van der Waals surface area contributed by atoms with Crippen LogP contribution in [0.1, 0.15) is 71.6 Å². The lowest BCUT2D eigenvalue weighted by Crippen LogP contribution is -2.51. The summed E-state index contributed by atoms with van der Waals surface area (Å²) in [4.78, 5) is 11.3. The predicted octanol–water partition coefficient (Wildman–Crippen LogP) is 5.19. The van der Waals surface area contributed by atoms with Gasteiger partial charge in [0.15, 0.2) is 0 Å². The largest absolute Gasteiger partial charge is 0.462 e. The van der Waals surface area contributed by atoms with Crippen LogP contribution in [0.5, 0.6) is 0 Å². The molecule has 0 N–H and O–H groups in total. The molecule has 130 valence electrons. The Kier molecular flexibility index (Phi) is 3.16. The summed E-state index contributed by atoms with van der Waals surface area (Å²) in [5.74, 6) is 2.61. The summed E-state index contributed by atoms with van der Waals surface area (Å²) in [7, 11) is 0. The number of fused-ring (bicyclic) bond motifs is 4. The monoisotopic (exact) mass is 326 g/mol. The van der Waals surface area contributed by atoms with Crippen LogP contribution in [0.2, 0.25) is 0 Å². The summed E-state index contributed by atoms with van der Waals surface area (Å²) >= 11 is 0. The van der Waals surface area contributed by atoms with Gasteiger partial charge in [-0.1, -0.05) is 30.2 Å². The van der Waals surface area contributed by atoms with E-state index in [1.54, 1.807) is 12.5 Å². The lowest BCUT2D eigenvalue weighted by molar-refractivity contribution is -0.148. The third kappa shape index (κ3) is 1.86. The van der Waals surface area contributed by atoms with Gasteiger partial charge in [-0.15, -0.1) is 0 Å². The van der Waals surface area contributed by atoms with Crippen molar-refractivity contribution in [3.05, 3.63) is 23.3 Å². The van der Waals surface area contributed by atoms with E-state index in [1.165, 1.54) is 44.9 Å². The molecule has 0 aromatic heterocycles. The first kappa shape index (κ1) is 15.2. The van der Waals surface area contributed by atoms with Crippen LogP contribution in [0.3, 0.4) is 0 Å². The number of rotatable bonds is 1. The SMILES string of the molecule is CC(=O)O[C@H]1CC[C@@]2(C)C(=CC[C@H]3[C@@H]4CCC5=CC[C@@]54CC[C@@H]32)C1. The summed E-state index contributed by atoms with van der Waals surface area (Å²) in [6, 6.07) is 0. The van der Waals surface area contributed by atoms with Gasteiger partial charge in [-0.05, 0) is 80.0 Å². The quantitative estimate of drug-likeness (QED) is 0.489. The van der Waals surface area contributed by atoms with Crippen LogP contribution >= 0.6 is 0 Å². The molecule has 3 saturated carbocycles. The zero-order valence-corrected chi connectivity index (χ0v) is 15.1. The first-order chi connectivity index (χ1) is 11.5. The average Bonchev–Trinajstić information content (AvgIpc) is 2.79. The smallest absolute Gasteiger partial charge is 0.302 e. The summed E-state index contributed by atoms with van der Waals surface area (Å²) in [5.41, 5.74) is 4.44. The maximum Gasteiger partial charge on any atom is 0.302 e. The Labute approximate surface area is 145 Å². The van der Waals surface area contributed by atoms with Crippen LogP contribution in [0.4, 0.5) is 0 Å². The molecular formula is C22H30O2. The van der Waals surface area contributed by atoms with Crippen LogP contribution in [-0.4, -0.2) is 12.1 Å². The molecule has 5 aliphatic carbocycles. The van der Waals surface area contributed by atoms with Crippen molar-refractivity contribution in [2.45, 2.75) is 77.7 Å². The van der Waals surface area contributed by atoms with Gasteiger partial charge in [0, 0.05) is 13.3 Å². The highest BCUT2D eigenvalue weighted by Crippen LogP contribution is 2.69. The van der Waals surface area contributed by atoms with Gasteiger partial charge < -0.3 is 4.74 Å². The Morgan fingerprint density at radius 1 is 1.12 bits per heavy atom. The van der Waals surface area contributed by atoms with Gasteiger partial charge in [0.2, 0.25) is 0 Å². The molecule has 5 aliphatic rings. The molecule has 0 amide bonds. The standard InChI is InChI=1S/C22H30O2/c1-14(23)24-17-8-10-21(2)16(13-17)3-5-18-19(21)9-12-22-11-7-15(22)4-6-20(18)22/h3,7,17-20H,4-6,8-13H2,1-2H3/t17-,18+,19-,20-,21-,22+/m0/s1. The van der Waals surface area contributed by atoms with Gasteiger partial charge in [0.05, 0.1) is 0 Å². The molecule has 0 aromatic rings. The average molecular weight is 326 g/mol. The van der Waals surface area contributed by atoms with Crippen LogP contribution in [0.25, 0.3) is 0 Å². The van der Waals surface area contributed by atoms with Crippen LogP contribution in [0.15, 0.2) is 23.3 Å². The molecule has 24 heavy (non-hydrogen) atoms. The number of allylic oxidation sites excluding steroid dienone is 3. The highest BCUT2D eigenvalue weighted by Gasteiger charge is 2.60. The zero-order chi connectivity index (χ0) is 16.5. The number of hydrogen-bond acceptors (Lipinski definition) is 2. The van der Waals surface area contributed by atoms with E-state index in [-0.39, 0.29) is 12.1 Å². The molecule has 0 aliphatic heterocycles. The van der Waals surface area contributed by atoms with Gasteiger partial charge in [-0.3, -0.25) is 4.79 Å². The van der Waals surface area contributed by atoms with E-state index in [2.05, 4.69) is 19.1 Å². The maximum absolute atomic E-state index is 11.3. The molecule has 0 aromatic carbocycles. The first-order valence-electron chi connectivity index (χ1n) is 10.1. The van der Waals surface area contributed by atoms with Crippen molar-refractivity contribution in [3.8, 4) is 0 Å². The lowest BCUT2D eigenvalue weighted by Gasteiger charge is -2.59. The van der Waals surface area contributed by atoms with E-state index < -0.39 is 0 Å². The molecule has 2 nitrogen and oxygen atoms in total. The fourth-order valence-electron chi connectivity index (χ4n) is 7.49. The fraction of sp³-hybridized carbons (Fsp3) is 0.773. The van der Waals surface area contributed by atoms with E-state index in [0.717, 1.165) is 30.6 Å². The molecule has 2 heteroatoms. The van der Waals surface area contributed by atoms with Crippen molar-refractivity contribution in [3.63, 3.8) is 0 Å². The fourth-order valence-corrected chi connectivity index (χ4v) is 7.49. The number of esters is 1.